The van der Waals surface area contributed by atoms with Crippen LogP contribution in [-0.4, -0.2) is 5.84 Å². The summed E-state index contributed by atoms with van der Waals surface area (Å²) in [6.07, 6.45) is 0. The molecule has 2 aromatic carbocycles. The average molecular weight is 340 g/mol. The van der Waals surface area contributed by atoms with Gasteiger partial charge in [0.25, 0.3) is 0 Å². The van der Waals surface area contributed by atoms with Gasteiger partial charge in [-0.15, -0.1) is 0 Å². The van der Waals surface area contributed by atoms with E-state index in [1.807, 2.05) is 25.1 Å². The summed E-state index contributed by atoms with van der Waals surface area (Å²) in [6.45, 7) is 2.01. The van der Waals surface area contributed by atoms with E-state index >= 15 is 0 Å². The summed E-state index contributed by atoms with van der Waals surface area (Å²) in [5.74, 6) is 1.24. The third-order valence-electron chi connectivity index (χ3n) is 2.55. The van der Waals surface area contributed by atoms with E-state index in [-0.39, 0.29) is 5.84 Å². The predicted octanol–water partition coefficient (Wildman–Crippen LogP) is 4.49. The van der Waals surface area contributed by atoms with Crippen LogP contribution in [0.2, 0.25) is 5.02 Å². The van der Waals surface area contributed by atoms with Crippen LogP contribution in [-0.2, 0) is 0 Å². The summed E-state index contributed by atoms with van der Waals surface area (Å²) in [4.78, 5) is 0. The van der Waals surface area contributed by atoms with E-state index in [0.717, 1.165) is 10.0 Å². The fraction of sp³-hybridized carbons (Fsp3) is 0.0714. The third kappa shape index (κ3) is 3.28. The van der Waals surface area contributed by atoms with E-state index < -0.39 is 0 Å². The van der Waals surface area contributed by atoms with Crippen LogP contribution < -0.4 is 10.5 Å². The predicted molar refractivity (Wildman–Crippen MR) is 81.4 cm³/mol. The van der Waals surface area contributed by atoms with Gasteiger partial charge in [0, 0.05) is 11.6 Å². The molecule has 0 spiro atoms. The summed E-state index contributed by atoms with van der Waals surface area (Å²) in [5.41, 5.74) is 7.05. The molecule has 98 valence electrons. The normalized spacial score (nSPS) is 10.3. The summed E-state index contributed by atoms with van der Waals surface area (Å²) < 4.78 is 6.61. The van der Waals surface area contributed by atoms with E-state index in [2.05, 4.69) is 15.9 Å². The number of ether oxygens (including phenoxy) is 1. The zero-order valence-electron chi connectivity index (χ0n) is 10.2. The summed E-state index contributed by atoms with van der Waals surface area (Å²) in [7, 11) is 0. The topological polar surface area (TPSA) is 59.1 Å². The van der Waals surface area contributed by atoms with Gasteiger partial charge < -0.3 is 10.5 Å². The molecule has 0 aliphatic heterocycles. The van der Waals surface area contributed by atoms with Crippen LogP contribution >= 0.6 is 27.5 Å². The van der Waals surface area contributed by atoms with Crippen LogP contribution in [0, 0.1) is 12.3 Å². The summed E-state index contributed by atoms with van der Waals surface area (Å²) in [5, 5.41) is 7.77. The number of nitrogens with two attached hydrogens (primary N) is 1. The molecule has 19 heavy (non-hydrogen) atoms. The van der Waals surface area contributed by atoms with Gasteiger partial charge in [0.2, 0.25) is 0 Å². The summed E-state index contributed by atoms with van der Waals surface area (Å²) in [6, 6.07) is 10.9. The Bertz CT molecular complexity index is 643. The van der Waals surface area contributed by atoms with Gasteiger partial charge in [0.1, 0.15) is 17.3 Å². The lowest BCUT2D eigenvalue weighted by Crippen LogP contribution is -2.11. The highest BCUT2D eigenvalue weighted by atomic mass is 79.9. The SMILES string of the molecule is Cc1ccc(Oc2ccc(C(=N)N)c(Cl)c2)c(Br)c1. The van der Waals surface area contributed by atoms with Crippen molar-refractivity contribution in [1.82, 2.24) is 0 Å². The van der Waals surface area contributed by atoms with Crippen LogP contribution in [0.4, 0.5) is 0 Å². The Kier molecular flexibility index (Phi) is 4.12. The standard InChI is InChI=1S/C14H12BrClN2O/c1-8-2-5-13(11(15)6-8)19-9-3-4-10(14(17)18)12(16)7-9/h2-7H,1H3,(H3,17,18). The van der Waals surface area contributed by atoms with Gasteiger partial charge in [0.15, 0.2) is 0 Å². The average Bonchev–Trinajstić information content (AvgIpc) is 2.32. The maximum absolute atomic E-state index is 7.37. The molecule has 0 radical (unpaired) electrons. The highest BCUT2D eigenvalue weighted by Crippen LogP contribution is 2.32. The lowest BCUT2D eigenvalue weighted by atomic mass is 10.2. The lowest BCUT2D eigenvalue weighted by molar-refractivity contribution is 0.479. The third-order valence-corrected chi connectivity index (χ3v) is 3.48. The van der Waals surface area contributed by atoms with Gasteiger partial charge in [-0.1, -0.05) is 17.7 Å². The maximum atomic E-state index is 7.37. The number of hydrogen-bond donors (Lipinski definition) is 2. The van der Waals surface area contributed by atoms with Crippen molar-refractivity contribution in [3.8, 4) is 11.5 Å². The molecule has 0 aliphatic rings. The largest absolute Gasteiger partial charge is 0.456 e. The van der Waals surface area contributed by atoms with E-state index in [1.54, 1.807) is 18.2 Å². The van der Waals surface area contributed by atoms with Crippen molar-refractivity contribution in [1.29, 1.82) is 5.41 Å². The lowest BCUT2D eigenvalue weighted by Gasteiger charge is -2.10. The molecule has 2 rings (SSSR count). The molecular weight excluding hydrogens is 328 g/mol. The molecule has 5 heteroatoms. The minimum Gasteiger partial charge on any atom is -0.456 e. The van der Waals surface area contributed by atoms with Crippen molar-refractivity contribution in [2.75, 3.05) is 0 Å². The zero-order chi connectivity index (χ0) is 14.0. The Labute approximate surface area is 125 Å². The Morgan fingerprint density at radius 2 is 2.00 bits per heavy atom. The number of amidine groups is 1. The molecule has 3 nitrogen and oxygen atoms in total. The summed E-state index contributed by atoms with van der Waals surface area (Å²) >= 11 is 9.49. The van der Waals surface area contributed by atoms with Crippen molar-refractivity contribution in [2.24, 2.45) is 5.73 Å². The molecule has 0 heterocycles. The number of nitrogen functional groups attached to an aromatic ring is 1. The number of hydrogen-bond acceptors (Lipinski definition) is 2. The van der Waals surface area contributed by atoms with Gasteiger partial charge >= 0.3 is 0 Å². The molecule has 0 saturated heterocycles. The fourth-order valence-electron chi connectivity index (χ4n) is 1.59. The van der Waals surface area contributed by atoms with Crippen LogP contribution in [0.5, 0.6) is 11.5 Å². The van der Waals surface area contributed by atoms with Gasteiger partial charge in [0.05, 0.1) is 9.50 Å². The van der Waals surface area contributed by atoms with Crippen molar-refractivity contribution in [2.45, 2.75) is 6.92 Å². The van der Waals surface area contributed by atoms with Gasteiger partial charge in [-0.2, -0.15) is 0 Å². The Hall–Kier alpha value is -1.52. The van der Waals surface area contributed by atoms with Crippen LogP contribution in [0.25, 0.3) is 0 Å². The first-order valence-electron chi connectivity index (χ1n) is 5.55. The van der Waals surface area contributed by atoms with E-state index in [4.69, 9.17) is 27.5 Å². The first-order valence-corrected chi connectivity index (χ1v) is 6.72. The quantitative estimate of drug-likeness (QED) is 0.639. The molecule has 0 saturated carbocycles. The van der Waals surface area contributed by atoms with Crippen LogP contribution in [0.3, 0.4) is 0 Å². The highest BCUT2D eigenvalue weighted by molar-refractivity contribution is 9.10. The molecule has 0 aromatic heterocycles. The Balaban J connectivity index is 2.29. The molecule has 0 unspecified atom stereocenters. The van der Waals surface area contributed by atoms with Crippen molar-refractivity contribution < 1.29 is 4.74 Å². The molecule has 0 atom stereocenters. The zero-order valence-corrected chi connectivity index (χ0v) is 12.5. The Morgan fingerprint density at radius 3 is 2.58 bits per heavy atom. The minimum atomic E-state index is -0.0620. The van der Waals surface area contributed by atoms with Crippen LogP contribution in [0.15, 0.2) is 40.9 Å². The molecular formula is C14H12BrClN2O. The number of rotatable bonds is 3. The highest BCUT2D eigenvalue weighted by Gasteiger charge is 2.07. The fourth-order valence-corrected chi connectivity index (χ4v) is 2.44. The Morgan fingerprint density at radius 1 is 1.26 bits per heavy atom. The first-order chi connectivity index (χ1) is 8.97. The van der Waals surface area contributed by atoms with Crippen LogP contribution in [0.1, 0.15) is 11.1 Å². The smallest absolute Gasteiger partial charge is 0.141 e. The van der Waals surface area contributed by atoms with E-state index in [1.165, 1.54) is 0 Å². The second-order valence-electron chi connectivity index (χ2n) is 4.09. The minimum absolute atomic E-state index is 0.0620. The van der Waals surface area contributed by atoms with Gasteiger partial charge in [-0.05, 0) is 52.7 Å². The van der Waals surface area contributed by atoms with Crippen molar-refractivity contribution >= 4 is 33.4 Å². The second kappa shape index (κ2) is 5.63. The van der Waals surface area contributed by atoms with Gasteiger partial charge in [-0.25, -0.2) is 0 Å². The molecule has 0 bridgehead atoms. The number of halogens is 2. The maximum Gasteiger partial charge on any atom is 0.141 e. The number of aryl methyl sites for hydroxylation is 1. The molecule has 2 aromatic rings. The van der Waals surface area contributed by atoms with Crippen molar-refractivity contribution in [3.63, 3.8) is 0 Å². The first kappa shape index (κ1) is 13.9. The van der Waals surface area contributed by atoms with E-state index in [9.17, 15) is 0 Å². The second-order valence-corrected chi connectivity index (χ2v) is 5.35. The molecule has 3 N–H and O–H groups in total. The van der Waals surface area contributed by atoms with E-state index in [0.29, 0.717) is 22.1 Å². The van der Waals surface area contributed by atoms with Crippen molar-refractivity contribution in [3.05, 3.63) is 57.0 Å². The van der Waals surface area contributed by atoms with Gasteiger partial charge in [-0.3, -0.25) is 5.41 Å². The molecule has 0 aliphatic carbocycles. The molecule has 0 fully saturated rings. The number of nitrogens with one attached hydrogen (secondary N) is 1. The molecule has 0 amide bonds. The number of benzene rings is 2. The monoisotopic (exact) mass is 338 g/mol.